The molecule has 1 fully saturated rings. The minimum atomic E-state index is 0.268. The second-order valence-electron chi connectivity index (χ2n) is 4.73. The highest BCUT2D eigenvalue weighted by Gasteiger charge is 2.38. The quantitative estimate of drug-likeness (QED) is 0.759. The number of nitrogens with zero attached hydrogens (tertiary/aromatic N) is 3. The summed E-state index contributed by atoms with van der Waals surface area (Å²) in [5, 5.41) is 7.88. The van der Waals surface area contributed by atoms with Crippen molar-refractivity contribution >= 4 is 5.70 Å². The molecule has 3 atom stereocenters. The van der Waals surface area contributed by atoms with Crippen molar-refractivity contribution in [1.29, 1.82) is 0 Å². The minimum absolute atomic E-state index is 0.268. The molecule has 0 spiro atoms. The first-order valence-corrected chi connectivity index (χ1v) is 5.57. The molecule has 1 saturated carbocycles. The first-order chi connectivity index (χ1) is 7.16. The summed E-state index contributed by atoms with van der Waals surface area (Å²) in [5.74, 6) is 3.44. The molecular weight excluding hydrogens is 188 g/mol. The third-order valence-corrected chi connectivity index (χ3v) is 3.35. The highest BCUT2D eigenvalue weighted by molar-refractivity contribution is 5.44. The Hall–Kier alpha value is -1.32. The number of hydrogen-bond donors (Lipinski definition) is 1. The lowest BCUT2D eigenvalue weighted by Crippen LogP contribution is -2.22. The van der Waals surface area contributed by atoms with E-state index in [4.69, 9.17) is 0 Å². The van der Waals surface area contributed by atoms with Crippen LogP contribution in [-0.2, 0) is 0 Å². The zero-order valence-corrected chi connectivity index (χ0v) is 9.36. The Balaban J connectivity index is 2.02. The third kappa shape index (κ3) is 1.28. The average Bonchev–Trinajstić information content (AvgIpc) is 2.79. The monoisotopic (exact) mass is 204 g/mol. The second-order valence-corrected chi connectivity index (χ2v) is 4.73. The van der Waals surface area contributed by atoms with Crippen LogP contribution in [-0.4, -0.2) is 14.8 Å². The molecule has 1 aromatic rings. The van der Waals surface area contributed by atoms with Gasteiger partial charge in [-0.3, -0.25) is 0 Å². The molecule has 1 N–H and O–H groups in total. The molecule has 4 heteroatoms. The summed E-state index contributed by atoms with van der Waals surface area (Å²) < 4.78 is 1.97. The molecule has 1 aromatic heterocycles. The van der Waals surface area contributed by atoms with Crippen LogP contribution in [0.2, 0.25) is 0 Å². The Morgan fingerprint density at radius 2 is 2.20 bits per heavy atom. The van der Waals surface area contributed by atoms with E-state index in [2.05, 4.69) is 36.2 Å². The van der Waals surface area contributed by atoms with Crippen LogP contribution >= 0.6 is 0 Å². The van der Waals surface area contributed by atoms with Gasteiger partial charge in [-0.2, -0.15) is 5.10 Å². The number of nitrogens with one attached hydrogen (secondary N) is 1. The van der Waals surface area contributed by atoms with Crippen LogP contribution in [0.25, 0.3) is 5.70 Å². The van der Waals surface area contributed by atoms with Crippen LogP contribution in [0, 0.1) is 5.92 Å². The summed E-state index contributed by atoms with van der Waals surface area (Å²) in [4.78, 5) is 4.64. The van der Waals surface area contributed by atoms with Crippen molar-refractivity contribution in [3.63, 3.8) is 0 Å². The molecule has 4 nitrogen and oxygen atoms in total. The highest BCUT2D eigenvalue weighted by Crippen LogP contribution is 2.45. The van der Waals surface area contributed by atoms with Crippen molar-refractivity contribution in [2.45, 2.75) is 39.2 Å². The Kier molecular flexibility index (Phi) is 1.69. The number of hydrogen-bond acceptors (Lipinski definition) is 3. The van der Waals surface area contributed by atoms with E-state index >= 15 is 0 Å². The first-order valence-electron chi connectivity index (χ1n) is 5.57. The molecule has 3 unspecified atom stereocenters. The van der Waals surface area contributed by atoms with Gasteiger partial charge in [0.05, 0.1) is 11.7 Å². The highest BCUT2D eigenvalue weighted by atomic mass is 15.4. The fourth-order valence-electron chi connectivity index (χ4n) is 2.10. The maximum absolute atomic E-state index is 4.64. The molecule has 0 radical (unpaired) electrons. The van der Waals surface area contributed by atoms with Crippen molar-refractivity contribution in [2.24, 2.45) is 5.92 Å². The van der Waals surface area contributed by atoms with E-state index in [-0.39, 0.29) is 6.04 Å². The normalized spacial score (nSPS) is 33.0. The summed E-state index contributed by atoms with van der Waals surface area (Å²) in [7, 11) is 0. The van der Waals surface area contributed by atoms with E-state index in [9.17, 15) is 0 Å². The fraction of sp³-hybridized carbons (Fsp3) is 0.636. The van der Waals surface area contributed by atoms with Crippen molar-refractivity contribution in [1.82, 2.24) is 20.1 Å². The second kappa shape index (κ2) is 2.84. The lowest BCUT2D eigenvalue weighted by molar-refractivity contribution is 0.589. The number of aromatic nitrogens is 3. The smallest absolute Gasteiger partial charge is 0.154 e. The van der Waals surface area contributed by atoms with Crippen molar-refractivity contribution in [2.75, 3.05) is 0 Å². The van der Waals surface area contributed by atoms with E-state index in [1.807, 2.05) is 10.9 Å². The van der Waals surface area contributed by atoms with Crippen molar-refractivity contribution in [3.05, 3.63) is 17.8 Å². The molecule has 0 bridgehead atoms. The molecular formula is C11H16N4. The lowest BCUT2D eigenvalue weighted by Gasteiger charge is -2.18. The molecule has 0 saturated heterocycles. The predicted octanol–water partition coefficient (Wildman–Crippen LogP) is 1.88. The molecule has 0 aromatic carbocycles. The topological polar surface area (TPSA) is 42.7 Å². The van der Waals surface area contributed by atoms with Crippen molar-refractivity contribution < 1.29 is 0 Å². The van der Waals surface area contributed by atoms with E-state index in [1.54, 1.807) is 0 Å². The van der Waals surface area contributed by atoms with E-state index in [0.717, 1.165) is 23.3 Å². The molecule has 80 valence electrons. The summed E-state index contributed by atoms with van der Waals surface area (Å²) in [5.41, 5.74) is 1.12. The number of fused-ring (bicyclic) bond motifs is 1. The lowest BCUT2D eigenvalue weighted by atomic mass is 10.2. The summed E-state index contributed by atoms with van der Waals surface area (Å²) in [6.07, 6.45) is 3.25. The zero-order valence-electron chi connectivity index (χ0n) is 9.36. The first kappa shape index (κ1) is 8.95. The van der Waals surface area contributed by atoms with Crippen LogP contribution in [0.5, 0.6) is 0 Å². The van der Waals surface area contributed by atoms with Crippen LogP contribution in [0.4, 0.5) is 0 Å². The van der Waals surface area contributed by atoms with Gasteiger partial charge in [0.15, 0.2) is 11.6 Å². The van der Waals surface area contributed by atoms with Crippen molar-refractivity contribution in [3.8, 4) is 0 Å². The van der Waals surface area contributed by atoms with Gasteiger partial charge in [-0.15, -0.1) is 0 Å². The van der Waals surface area contributed by atoms with Crippen LogP contribution in [0.1, 0.15) is 50.8 Å². The van der Waals surface area contributed by atoms with E-state index < -0.39 is 0 Å². The van der Waals surface area contributed by atoms with Gasteiger partial charge in [0.25, 0.3) is 0 Å². The van der Waals surface area contributed by atoms with Gasteiger partial charge >= 0.3 is 0 Å². The molecule has 0 amide bonds. The minimum Gasteiger partial charge on any atom is -0.380 e. The molecule has 1 aliphatic heterocycles. The third-order valence-electron chi connectivity index (χ3n) is 3.35. The molecule has 1 aliphatic carbocycles. The van der Waals surface area contributed by atoms with Gasteiger partial charge in [-0.05, 0) is 26.2 Å². The predicted molar refractivity (Wildman–Crippen MR) is 58.0 cm³/mol. The Morgan fingerprint density at radius 1 is 1.47 bits per heavy atom. The van der Waals surface area contributed by atoms with Gasteiger partial charge in [-0.25, -0.2) is 9.67 Å². The number of rotatable bonds is 1. The van der Waals surface area contributed by atoms with Gasteiger partial charge in [0.1, 0.15) is 0 Å². The fourth-order valence-corrected chi connectivity index (χ4v) is 2.10. The van der Waals surface area contributed by atoms with E-state index in [1.165, 1.54) is 6.42 Å². The van der Waals surface area contributed by atoms with Gasteiger partial charge in [0, 0.05) is 12.1 Å². The molecule has 2 aliphatic rings. The molecule has 15 heavy (non-hydrogen) atoms. The summed E-state index contributed by atoms with van der Waals surface area (Å²) in [6.45, 7) is 6.43. The standard InChI is InChI=1S/C11H16N4/c1-6-4-9(6)10-13-11-8(3)12-5-7(2)15(11)14-10/h5-6,8-9,12H,4H2,1-3H3. The van der Waals surface area contributed by atoms with Gasteiger partial charge in [-0.1, -0.05) is 6.92 Å². The Labute approximate surface area is 89.4 Å². The largest absolute Gasteiger partial charge is 0.380 e. The van der Waals surface area contributed by atoms with Crippen LogP contribution < -0.4 is 5.32 Å². The average molecular weight is 204 g/mol. The van der Waals surface area contributed by atoms with E-state index in [0.29, 0.717) is 5.92 Å². The zero-order chi connectivity index (χ0) is 10.6. The summed E-state index contributed by atoms with van der Waals surface area (Å²) in [6, 6.07) is 0.268. The molecule has 2 heterocycles. The maximum Gasteiger partial charge on any atom is 0.154 e. The van der Waals surface area contributed by atoms with Gasteiger partial charge < -0.3 is 5.32 Å². The Bertz CT molecular complexity index is 432. The molecule has 3 rings (SSSR count). The Morgan fingerprint density at radius 3 is 2.80 bits per heavy atom. The van der Waals surface area contributed by atoms with Crippen LogP contribution in [0.15, 0.2) is 6.20 Å². The van der Waals surface area contributed by atoms with Gasteiger partial charge in [0.2, 0.25) is 0 Å². The van der Waals surface area contributed by atoms with Crippen LogP contribution in [0.3, 0.4) is 0 Å². The number of allylic oxidation sites excluding steroid dienone is 1. The summed E-state index contributed by atoms with van der Waals surface area (Å²) >= 11 is 0. The maximum atomic E-state index is 4.64. The SMILES string of the molecule is CC1=CNC(C)c2nc(C3CC3C)nn21.